The van der Waals surface area contributed by atoms with E-state index in [1.165, 1.54) is 26.4 Å². The number of likely N-dealkylation sites (tertiary alicyclic amines) is 1. The van der Waals surface area contributed by atoms with E-state index >= 15 is 0 Å². The average molecular weight is 278 g/mol. The van der Waals surface area contributed by atoms with E-state index in [2.05, 4.69) is 34.7 Å². The smallest absolute Gasteiger partial charge is 0.320 e. The van der Waals surface area contributed by atoms with Crippen molar-refractivity contribution in [1.82, 2.24) is 4.90 Å². The third-order valence-electron chi connectivity index (χ3n) is 3.20. The van der Waals surface area contributed by atoms with E-state index in [0.29, 0.717) is 12.1 Å². The molecule has 0 radical (unpaired) electrons. The standard InChI is InChI=1S/C11H20BrNO2/c1-8-5-4-6-9(2)13(8)7-10(12)11(14)15-3/h8-10H,4-7H2,1-3H3. The lowest BCUT2D eigenvalue weighted by Crippen LogP contribution is -2.47. The Morgan fingerprint density at radius 2 is 2.00 bits per heavy atom. The first-order valence-electron chi connectivity index (χ1n) is 5.54. The van der Waals surface area contributed by atoms with Crippen LogP contribution in [0.5, 0.6) is 0 Å². The molecule has 0 aromatic carbocycles. The number of carbonyl (C=O) groups excluding carboxylic acids is 1. The number of piperidine rings is 1. The molecular formula is C11H20BrNO2. The van der Waals surface area contributed by atoms with Crippen molar-refractivity contribution >= 4 is 21.9 Å². The molecule has 0 bridgehead atoms. The Morgan fingerprint density at radius 1 is 1.47 bits per heavy atom. The highest BCUT2D eigenvalue weighted by Crippen LogP contribution is 2.23. The zero-order valence-electron chi connectivity index (χ0n) is 9.70. The number of rotatable bonds is 3. The van der Waals surface area contributed by atoms with Crippen molar-refractivity contribution in [2.24, 2.45) is 0 Å². The number of esters is 1. The second kappa shape index (κ2) is 5.85. The van der Waals surface area contributed by atoms with Crippen molar-refractivity contribution in [3.8, 4) is 0 Å². The van der Waals surface area contributed by atoms with Crippen molar-refractivity contribution in [3.63, 3.8) is 0 Å². The van der Waals surface area contributed by atoms with E-state index in [9.17, 15) is 4.79 Å². The van der Waals surface area contributed by atoms with Crippen LogP contribution in [0.4, 0.5) is 0 Å². The summed E-state index contributed by atoms with van der Waals surface area (Å²) in [6.07, 6.45) is 3.75. The molecule has 1 aliphatic heterocycles. The molecule has 0 amide bonds. The molecule has 1 rings (SSSR count). The molecule has 0 saturated carbocycles. The SMILES string of the molecule is COC(=O)C(Br)CN1C(C)CCCC1C. The summed E-state index contributed by atoms with van der Waals surface area (Å²) in [5.41, 5.74) is 0. The maximum absolute atomic E-state index is 11.3. The largest absolute Gasteiger partial charge is 0.468 e. The zero-order chi connectivity index (χ0) is 11.4. The van der Waals surface area contributed by atoms with Crippen LogP contribution in [-0.4, -0.2) is 41.4 Å². The van der Waals surface area contributed by atoms with Gasteiger partial charge in [-0.2, -0.15) is 0 Å². The van der Waals surface area contributed by atoms with Gasteiger partial charge in [0.25, 0.3) is 0 Å². The van der Waals surface area contributed by atoms with Crippen LogP contribution in [0.25, 0.3) is 0 Å². The zero-order valence-corrected chi connectivity index (χ0v) is 11.3. The number of hydrogen-bond acceptors (Lipinski definition) is 3. The second-order valence-electron chi connectivity index (χ2n) is 4.32. The molecule has 1 fully saturated rings. The maximum Gasteiger partial charge on any atom is 0.320 e. The third-order valence-corrected chi connectivity index (χ3v) is 3.87. The minimum Gasteiger partial charge on any atom is -0.468 e. The van der Waals surface area contributed by atoms with Crippen LogP contribution in [0.3, 0.4) is 0 Å². The number of hydrogen-bond donors (Lipinski definition) is 0. The van der Waals surface area contributed by atoms with Crippen molar-refractivity contribution < 1.29 is 9.53 Å². The van der Waals surface area contributed by atoms with Gasteiger partial charge in [0.1, 0.15) is 4.83 Å². The van der Waals surface area contributed by atoms with Gasteiger partial charge in [0.15, 0.2) is 0 Å². The number of ether oxygens (including phenoxy) is 1. The van der Waals surface area contributed by atoms with Crippen LogP contribution < -0.4 is 0 Å². The van der Waals surface area contributed by atoms with Crippen molar-refractivity contribution in [3.05, 3.63) is 0 Å². The van der Waals surface area contributed by atoms with Crippen molar-refractivity contribution in [2.45, 2.75) is 50.0 Å². The van der Waals surface area contributed by atoms with Crippen molar-refractivity contribution in [2.75, 3.05) is 13.7 Å². The molecule has 0 aromatic rings. The van der Waals surface area contributed by atoms with E-state index < -0.39 is 0 Å². The molecule has 1 saturated heterocycles. The van der Waals surface area contributed by atoms with Gasteiger partial charge in [-0.25, -0.2) is 0 Å². The van der Waals surface area contributed by atoms with Gasteiger partial charge in [-0.1, -0.05) is 22.4 Å². The van der Waals surface area contributed by atoms with E-state index in [1.807, 2.05) is 0 Å². The topological polar surface area (TPSA) is 29.5 Å². The Bertz CT molecular complexity index is 213. The number of alkyl halides is 1. The van der Waals surface area contributed by atoms with Gasteiger partial charge in [0.05, 0.1) is 7.11 Å². The van der Waals surface area contributed by atoms with E-state index in [0.717, 1.165) is 6.54 Å². The predicted molar refractivity (Wildman–Crippen MR) is 64.2 cm³/mol. The highest BCUT2D eigenvalue weighted by atomic mass is 79.9. The number of halogens is 1. The normalized spacial score (nSPS) is 29.9. The van der Waals surface area contributed by atoms with Gasteiger partial charge in [0, 0.05) is 18.6 Å². The maximum atomic E-state index is 11.3. The highest BCUT2D eigenvalue weighted by Gasteiger charge is 2.28. The molecule has 0 spiro atoms. The lowest BCUT2D eigenvalue weighted by molar-refractivity contribution is -0.140. The van der Waals surface area contributed by atoms with Gasteiger partial charge in [-0.15, -0.1) is 0 Å². The molecule has 0 aromatic heterocycles. The first-order valence-corrected chi connectivity index (χ1v) is 6.45. The summed E-state index contributed by atoms with van der Waals surface area (Å²) in [5.74, 6) is -0.181. The molecule has 3 atom stereocenters. The first-order chi connectivity index (χ1) is 7.06. The molecule has 0 N–H and O–H groups in total. The minimum atomic E-state index is -0.203. The summed E-state index contributed by atoms with van der Waals surface area (Å²) in [6.45, 7) is 5.20. The summed E-state index contributed by atoms with van der Waals surface area (Å²) < 4.78 is 4.71. The molecule has 1 heterocycles. The third kappa shape index (κ3) is 3.45. The Labute approximate surface area is 100 Å². The van der Waals surface area contributed by atoms with Crippen LogP contribution >= 0.6 is 15.9 Å². The molecular weight excluding hydrogens is 258 g/mol. The predicted octanol–water partition coefficient (Wildman–Crippen LogP) is 2.19. The van der Waals surface area contributed by atoms with E-state index in [1.54, 1.807) is 0 Å². The van der Waals surface area contributed by atoms with Gasteiger partial charge < -0.3 is 4.74 Å². The average Bonchev–Trinajstić information content (AvgIpc) is 2.22. The number of nitrogens with zero attached hydrogens (tertiary/aromatic N) is 1. The fourth-order valence-corrected chi connectivity index (χ4v) is 2.74. The Kier molecular flexibility index (Phi) is 5.06. The first kappa shape index (κ1) is 13.0. The van der Waals surface area contributed by atoms with Crippen molar-refractivity contribution in [1.29, 1.82) is 0 Å². The number of carbonyl (C=O) groups is 1. The summed E-state index contributed by atoms with van der Waals surface area (Å²) in [7, 11) is 1.43. The highest BCUT2D eigenvalue weighted by molar-refractivity contribution is 9.10. The minimum absolute atomic E-state index is 0.181. The molecule has 3 unspecified atom stereocenters. The Morgan fingerprint density at radius 3 is 2.47 bits per heavy atom. The molecule has 3 nitrogen and oxygen atoms in total. The summed E-state index contributed by atoms with van der Waals surface area (Å²) in [6, 6.07) is 1.14. The van der Waals surface area contributed by atoms with Crippen LogP contribution in [0, 0.1) is 0 Å². The Balaban J connectivity index is 2.50. The second-order valence-corrected chi connectivity index (χ2v) is 5.42. The van der Waals surface area contributed by atoms with Gasteiger partial charge in [0.2, 0.25) is 0 Å². The summed E-state index contributed by atoms with van der Waals surface area (Å²) in [5, 5.41) is 0. The monoisotopic (exact) mass is 277 g/mol. The fourth-order valence-electron chi connectivity index (χ4n) is 2.22. The van der Waals surface area contributed by atoms with Gasteiger partial charge >= 0.3 is 5.97 Å². The number of methoxy groups -OCH3 is 1. The van der Waals surface area contributed by atoms with Crippen LogP contribution in [-0.2, 0) is 9.53 Å². The van der Waals surface area contributed by atoms with Crippen LogP contribution in [0.1, 0.15) is 33.1 Å². The Hall–Kier alpha value is -0.0900. The fraction of sp³-hybridized carbons (Fsp3) is 0.909. The molecule has 1 aliphatic rings. The van der Waals surface area contributed by atoms with Gasteiger partial charge in [-0.3, -0.25) is 9.69 Å². The van der Waals surface area contributed by atoms with E-state index in [4.69, 9.17) is 4.74 Å². The summed E-state index contributed by atoms with van der Waals surface area (Å²) in [4.78, 5) is 13.5. The lowest BCUT2D eigenvalue weighted by Gasteiger charge is -2.39. The van der Waals surface area contributed by atoms with E-state index in [-0.39, 0.29) is 10.8 Å². The molecule has 4 heteroatoms. The van der Waals surface area contributed by atoms with Crippen LogP contribution in [0.15, 0.2) is 0 Å². The van der Waals surface area contributed by atoms with Gasteiger partial charge in [-0.05, 0) is 26.7 Å². The lowest BCUT2D eigenvalue weighted by atomic mass is 9.97. The summed E-state index contributed by atoms with van der Waals surface area (Å²) >= 11 is 3.38. The molecule has 0 aliphatic carbocycles. The molecule has 15 heavy (non-hydrogen) atoms. The van der Waals surface area contributed by atoms with Crippen LogP contribution in [0.2, 0.25) is 0 Å². The molecule has 88 valence electrons. The quantitative estimate of drug-likeness (QED) is 0.585.